The van der Waals surface area contributed by atoms with E-state index in [1.807, 2.05) is 24.3 Å². The van der Waals surface area contributed by atoms with Crippen molar-refractivity contribution in [2.45, 2.75) is 39.0 Å². The Labute approximate surface area is 103 Å². The first-order valence-corrected chi connectivity index (χ1v) is 6.34. The molecule has 0 saturated heterocycles. The summed E-state index contributed by atoms with van der Waals surface area (Å²) in [5, 5.41) is 2.92. The van der Waals surface area contributed by atoms with Gasteiger partial charge in [-0.2, -0.15) is 0 Å². The quantitative estimate of drug-likeness (QED) is 0.562. The fourth-order valence-corrected chi connectivity index (χ4v) is 1.71. The summed E-state index contributed by atoms with van der Waals surface area (Å²) < 4.78 is 0. The van der Waals surface area contributed by atoms with Gasteiger partial charge >= 0.3 is 0 Å². The van der Waals surface area contributed by atoms with E-state index in [4.69, 9.17) is 5.73 Å². The second-order valence-electron chi connectivity index (χ2n) is 4.29. The highest BCUT2D eigenvalue weighted by Gasteiger charge is 2.04. The Kier molecular flexibility index (Phi) is 6.15. The molecule has 1 amide bonds. The fourth-order valence-electron chi connectivity index (χ4n) is 1.71. The first-order chi connectivity index (χ1) is 8.24. The minimum absolute atomic E-state index is 0.0550. The minimum Gasteiger partial charge on any atom is -0.398 e. The Morgan fingerprint density at radius 2 is 2.00 bits per heavy atom. The molecule has 1 rings (SSSR count). The van der Waals surface area contributed by atoms with Gasteiger partial charge in [-0.25, -0.2) is 0 Å². The van der Waals surface area contributed by atoms with Crippen LogP contribution in [0.2, 0.25) is 0 Å². The first-order valence-electron chi connectivity index (χ1n) is 6.34. The number of nitrogen functional groups attached to an aromatic ring is 1. The molecule has 0 aliphatic carbocycles. The van der Waals surface area contributed by atoms with Gasteiger partial charge in [-0.05, 0) is 18.1 Å². The van der Waals surface area contributed by atoms with Crippen molar-refractivity contribution in [3.63, 3.8) is 0 Å². The molecule has 1 aromatic carbocycles. The van der Waals surface area contributed by atoms with Gasteiger partial charge in [0.15, 0.2) is 0 Å². The van der Waals surface area contributed by atoms with Crippen LogP contribution in [0.25, 0.3) is 0 Å². The van der Waals surface area contributed by atoms with Crippen molar-refractivity contribution in [1.29, 1.82) is 0 Å². The number of anilines is 1. The summed E-state index contributed by atoms with van der Waals surface area (Å²) in [7, 11) is 0. The van der Waals surface area contributed by atoms with Crippen molar-refractivity contribution in [3.05, 3.63) is 29.8 Å². The van der Waals surface area contributed by atoms with E-state index >= 15 is 0 Å². The molecular weight excluding hydrogens is 212 g/mol. The van der Waals surface area contributed by atoms with Gasteiger partial charge in [-0.1, -0.05) is 44.4 Å². The maximum absolute atomic E-state index is 11.6. The van der Waals surface area contributed by atoms with Crippen molar-refractivity contribution in [3.8, 4) is 0 Å². The number of carbonyl (C=O) groups excluding carboxylic acids is 1. The number of benzene rings is 1. The molecule has 3 N–H and O–H groups in total. The molecule has 3 nitrogen and oxygen atoms in total. The molecule has 0 spiro atoms. The van der Waals surface area contributed by atoms with Gasteiger partial charge in [-0.3, -0.25) is 4.79 Å². The monoisotopic (exact) mass is 234 g/mol. The van der Waals surface area contributed by atoms with E-state index in [2.05, 4.69) is 12.2 Å². The number of nitrogens with two attached hydrogens (primary N) is 1. The predicted octanol–water partition coefficient (Wildman–Crippen LogP) is 2.51. The van der Waals surface area contributed by atoms with Gasteiger partial charge in [0.2, 0.25) is 5.91 Å². The molecule has 3 heteroatoms. The van der Waals surface area contributed by atoms with Crippen molar-refractivity contribution in [2.75, 3.05) is 12.3 Å². The second kappa shape index (κ2) is 7.71. The number of amides is 1. The normalized spacial score (nSPS) is 10.2. The standard InChI is InChI=1S/C14H22N2O/c1-2-3-4-7-10-16-14(17)11-12-8-5-6-9-13(12)15/h5-6,8-9H,2-4,7,10-11,15H2,1H3,(H,16,17). The van der Waals surface area contributed by atoms with E-state index < -0.39 is 0 Å². The number of carbonyl (C=O) groups is 1. The Morgan fingerprint density at radius 3 is 2.71 bits per heavy atom. The van der Waals surface area contributed by atoms with Gasteiger partial charge in [0.1, 0.15) is 0 Å². The third-order valence-electron chi connectivity index (χ3n) is 2.76. The highest BCUT2D eigenvalue weighted by molar-refractivity contribution is 5.80. The van der Waals surface area contributed by atoms with Crippen LogP contribution in [0, 0.1) is 0 Å². The predicted molar refractivity (Wildman–Crippen MR) is 71.7 cm³/mol. The van der Waals surface area contributed by atoms with E-state index in [0.717, 1.165) is 18.5 Å². The van der Waals surface area contributed by atoms with Crippen molar-refractivity contribution >= 4 is 11.6 Å². The molecule has 1 aromatic rings. The second-order valence-corrected chi connectivity index (χ2v) is 4.29. The molecule has 17 heavy (non-hydrogen) atoms. The van der Waals surface area contributed by atoms with Crippen LogP contribution in [0.4, 0.5) is 5.69 Å². The summed E-state index contributed by atoms with van der Waals surface area (Å²) >= 11 is 0. The van der Waals surface area contributed by atoms with Gasteiger partial charge < -0.3 is 11.1 Å². The molecule has 0 bridgehead atoms. The van der Waals surface area contributed by atoms with Gasteiger partial charge in [0.05, 0.1) is 6.42 Å². The molecule has 0 heterocycles. The topological polar surface area (TPSA) is 55.1 Å². The Morgan fingerprint density at radius 1 is 1.24 bits per heavy atom. The number of hydrogen-bond acceptors (Lipinski definition) is 2. The molecular formula is C14H22N2O. The van der Waals surface area contributed by atoms with Crippen LogP contribution in [0.15, 0.2) is 24.3 Å². The summed E-state index contributed by atoms with van der Waals surface area (Å²) in [5.41, 5.74) is 7.37. The van der Waals surface area contributed by atoms with E-state index in [1.165, 1.54) is 19.3 Å². The Hall–Kier alpha value is -1.51. The summed E-state index contributed by atoms with van der Waals surface area (Å²) in [6.45, 7) is 2.95. The molecule has 0 aromatic heterocycles. The zero-order valence-corrected chi connectivity index (χ0v) is 10.5. The number of rotatable bonds is 7. The van der Waals surface area contributed by atoms with E-state index in [-0.39, 0.29) is 5.91 Å². The first kappa shape index (κ1) is 13.6. The third kappa shape index (κ3) is 5.38. The van der Waals surface area contributed by atoms with Gasteiger partial charge in [0.25, 0.3) is 0 Å². The van der Waals surface area contributed by atoms with Crippen LogP contribution in [-0.4, -0.2) is 12.5 Å². The Balaban J connectivity index is 2.23. The molecule has 0 fully saturated rings. The molecule has 94 valence electrons. The van der Waals surface area contributed by atoms with Crippen LogP contribution in [0.3, 0.4) is 0 Å². The van der Waals surface area contributed by atoms with Crippen molar-refractivity contribution in [1.82, 2.24) is 5.32 Å². The molecule has 0 aliphatic heterocycles. The number of unbranched alkanes of at least 4 members (excludes halogenated alkanes) is 3. The average molecular weight is 234 g/mol. The van der Waals surface area contributed by atoms with Crippen LogP contribution in [0.5, 0.6) is 0 Å². The lowest BCUT2D eigenvalue weighted by Crippen LogP contribution is -2.26. The largest absolute Gasteiger partial charge is 0.398 e. The summed E-state index contributed by atoms with van der Waals surface area (Å²) in [4.78, 5) is 11.6. The van der Waals surface area contributed by atoms with Crippen LogP contribution in [-0.2, 0) is 11.2 Å². The van der Waals surface area contributed by atoms with Gasteiger partial charge in [-0.15, -0.1) is 0 Å². The Bertz CT molecular complexity index is 350. The summed E-state index contributed by atoms with van der Waals surface area (Å²) in [6, 6.07) is 7.50. The van der Waals surface area contributed by atoms with Gasteiger partial charge in [0, 0.05) is 12.2 Å². The molecule has 0 radical (unpaired) electrons. The summed E-state index contributed by atoms with van der Waals surface area (Å²) in [6.07, 6.45) is 5.07. The van der Waals surface area contributed by atoms with Crippen LogP contribution >= 0.6 is 0 Å². The lowest BCUT2D eigenvalue weighted by atomic mass is 10.1. The van der Waals surface area contributed by atoms with Crippen molar-refractivity contribution < 1.29 is 4.79 Å². The zero-order valence-electron chi connectivity index (χ0n) is 10.5. The third-order valence-corrected chi connectivity index (χ3v) is 2.76. The average Bonchev–Trinajstić information content (AvgIpc) is 2.32. The van der Waals surface area contributed by atoms with Crippen LogP contribution < -0.4 is 11.1 Å². The zero-order chi connectivity index (χ0) is 12.5. The molecule has 0 saturated carbocycles. The number of nitrogens with one attached hydrogen (secondary N) is 1. The maximum Gasteiger partial charge on any atom is 0.224 e. The van der Waals surface area contributed by atoms with Crippen molar-refractivity contribution in [2.24, 2.45) is 0 Å². The lowest BCUT2D eigenvalue weighted by molar-refractivity contribution is -0.120. The highest BCUT2D eigenvalue weighted by Crippen LogP contribution is 2.10. The van der Waals surface area contributed by atoms with E-state index in [1.54, 1.807) is 0 Å². The fraction of sp³-hybridized carbons (Fsp3) is 0.500. The summed E-state index contributed by atoms with van der Waals surface area (Å²) in [5.74, 6) is 0.0550. The SMILES string of the molecule is CCCCCCNC(=O)Cc1ccccc1N. The lowest BCUT2D eigenvalue weighted by Gasteiger charge is -2.06. The number of para-hydroxylation sites is 1. The maximum atomic E-state index is 11.6. The van der Waals surface area contributed by atoms with E-state index in [0.29, 0.717) is 12.1 Å². The highest BCUT2D eigenvalue weighted by atomic mass is 16.1. The smallest absolute Gasteiger partial charge is 0.224 e. The molecule has 0 atom stereocenters. The number of hydrogen-bond donors (Lipinski definition) is 2. The van der Waals surface area contributed by atoms with Crippen LogP contribution in [0.1, 0.15) is 38.2 Å². The molecule has 0 aliphatic rings. The van der Waals surface area contributed by atoms with E-state index in [9.17, 15) is 4.79 Å². The molecule has 0 unspecified atom stereocenters. The minimum atomic E-state index is 0.0550.